The molecule has 16 heteroatoms. The Morgan fingerprint density at radius 3 is 2.14 bits per heavy atom. The van der Waals surface area contributed by atoms with Gasteiger partial charge in [-0.15, -0.1) is 10.2 Å². The lowest BCUT2D eigenvalue weighted by molar-refractivity contribution is -0.152. The minimum absolute atomic E-state index is 0.115. The molecule has 1 aliphatic heterocycles. The van der Waals surface area contributed by atoms with Crippen molar-refractivity contribution in [3.63, 3.8) is 0 Å². The standard InChI is InChI=1S/C34H37Cl2N7O6S/c1-33(2,3)48-30(44)21-43(50(46,47)27-18-24(35)17-25(36)19-27)26-7-8-28-22(15-26)9-10-42(28)31-23(20-37)16-29(38-39-31)40-11-13-41(14-12-40)32(45)49-34(4,5)6/h7-10,15-19H,11-14,21H2,1-6H3. The van der Waals surface area contributed by atoms with Crippen LogP contribution in [0.25, 0.3) is 16.7 Å². The lowest BCUT2D eigenvalue weighted by atomic mass is 10.2. The fourth-order valence-electron chi connectivity index (χ4n) is 5.31. The molecule has 0 spiro atoms. The number of sulfonamides is 1. The number of aromatic nitrogens is 3. The van der Waals surface area contributed by atoms with Gasteiger partial charge in [0.25, 0.3) is 10.0 Å². The fraction of sp³-hybridized carbons (Fsp3) is 0.382. The van der Waals surface area contributed by atoms with Gasteiger partial charge in [-0.3, -0.25) is 13.7 Å². The van der Waals surface area contributed by atoms with Crippen LogP contribution in [0.3, 0.4) is 0 Å². The van der Waals surface area contributed by atoms with Gasteiger partial charge in [-0.05, 0) is 84.0 Å². The van der Waals surface area contributed by atoms with Crippen LogP contribution < -0.4 is 9.21 Å². The number of carbonyl (C=O) groups excluding carboxylic acids is 2. The lowest BCUT2D eigenvalue weighted by Crippen LogP contribution is -2.50. The molecule has 4 aromatic rings. The van der Waals surface area contributed by atoms with Gasteiger partial charge < -0.3 is 19.3 Å². The van der Waals surface area contributed by atoms with Crippen molar-refractivity contribution in [2.24, 2.45) is 0 Å². The van der Waals surface area contributed by atoms with Gasteiger partial charge in [0.05, 0.1) is 16.1 Å². The van der Waals surface area contributed by atoms with Crippen molar-refractivity contribution in [2.75, 3.05) is 41.9 Å². The SMILES string of the molecule is CC(C)(C)OC(=O)CN(c1ccc2c(ccn2-c2nnc(N3CCN(C(=O)OC(C)(C)C)CC3)cc2C#N)c1)S(=O)(=O)c1cc(Cl)cc(Cl)c1. The Bertz CT molecular complexity index is 2070. The molecule has 0 aliphatic carbocycles. The smallest absolute Gasteiger partial charge is 0.410 e. The third-order valence-corrected chi connectivity index (χ3v) is 9.63. The van der Waals surface area contributed by atoms with Crippen molar-refractivity contribution < 1.29 is 27.5 Å². The van der Waals surface area contributed by atoms with E-state index < -0.39 is 33.7 Å². The maximum absolute atomic E-state index is 14.0. The van der Waals surface area contributed by atoms with Crippen LogP contribution in [0.15, 0.2) is 59.6 Å². The number of nitrogens with zero attached hydrogens (tertiary/aromatic N) is 7. The molecule has 1 fully saturated rings. The van der Waals surface area contributed by atoms with Crippen LogP contribution in [0.4, 0.5) is 16.3 Å². The molecule has 0 radical (unpaired) electrons. The number of ether oxygens (including phenoxy) is 2. The summed E-state index contributed by atoms with van der Waals surface area (Å²) in [6, 6.07) is 14.3. The number of halogens is 2. The summed E-state index contributed by atoms with van der Waals surface area (Å²) in [6.07, 6.45) is 1.32. The Morgan fingerprint density at radius 1 is 0.900 bits per heavy atom. The lowest BCUT2D eigenvalue weighted by Gasteiger charge is -2.36. The highest BCUT2D eigenvalue weighted by Gasteiger charge is 2.31. The van der Waals surface area contributed by atoms with E-state index in [9.17, 15) is 23.3 Å². The molecule has 5 rings (SSSR count). The normalized spacial score (nSPS) is 14.0. The first-order valence-corrected chi connectivity index (χ1v) is 17.9. The zero-order valence-corrected chi connectivity index (χ0v) is 30.8. The Morgan fingerprint density at radius 2 is 1.54 bits per heavy atom. The van der Waals surface area contributed by atoms with E-state index in [1.807, 2.05) is 25.7 Å². The summed E-state index contributed by atoms with van der Waals surface area (Å²) in [5.41, 5.74) is -0.387. The first-order chi connectivity index (χ1) is 23.3. The molecule has 0 atom stereocenters. The number of amides is 1. The number of piperazine rings is 1. The van der Waals surface area contributed by atoms with Crippen LogP contribution in [0.5, 0.6) is 0 Å². The van der Waals surface area contributed by atoms with E-state index >= 15 is 0 Å². The predicted molar refractivity (Wildman–Crippen MR) is 190 cm³/mol. The van der Waals surface area contributed by atoms with E-state index in [0.717, 1.165) is 4.31 Å². The zero-order chi connectivity index (χ0) is 36.6. The maximum Gasteiger partial charge on any atom is 0.410 e. The number of hydrogen-bond donors (Lipinski definition) is 0. The van der Waals surface area contributed by atoms with Crippen LogP contribution >= 0.6 is 23.2 Å². The maximum atomic E-state index is 14.0. The molecular weight excluding hydrogens is 705 g/mol. The van der Waals surface area contributed by atoms with E-state index in [4.69, 9.17) is 32.7 Å². The van der Waals surface area contributed by atoms with Gasteiger partial charge >= 0.3 is 12.1 Å². The molecular formula is C34H37Cl2N7O6S. The Balaban J connectivity index is 1.44. The Kier molecular flexibility index (Phi) is 10.3. The van der Waals surface area contributed by atoms with E-state index in [2.05, 4.69) is 16.3 Å². The second-order valence-corrected chi connectivity index (χ2v) is 16.4. The van der Waals surface area contributed by atoms with Crippen LogP contribution in [-0.4, -0.2) is 84.1 Å². The van der Waals surface area contributed by atoms with Crippen LogP contribution in [0.2, 0.25) is 10.0 Å². The van der Waals surface area contributed by atoms with Crippen molar-refractivity contribution in [3.05, 3.63) is 70.3 Å². The zero-order valence-electron chi connectivity index (χ0n) is 28.5. The summed E-state index contributed by atoms with van der Waals surface area (Å²) in [6.45, 7) is 11.7. The molecule has 3 heterocycles. The third-order valence-electron chi connectivity index (χ3n) is 7.44. The predicted octanol–water partition coefficient (Wildman–Crippen LogP) is 6.19. The number of esters is 1. The first kappa shape index (κ1) is 36.7. The first-order valence-electron chi connectivity index (χ1n) is 15.7. The molecule has 1 aliphatic rings. The highest BCUT2D eigenvalue weighted by molar-refractivity contribution is 7.92. The Labute approximate surface area is 300 Å². The van der Waals surface area contributed by atoms with Crippen LogP contribution in [0, 0.1) is 11.3 Å². The number of anilines is 2. The number of fused-ring (bicyclic) bond motifs is 1. The number of carbonyl (C=O) groups is 2. The number of rotatable bonds is 7. The summed E-state index contributed by atoms with van der Waals surface area (Å²) >= 11 is 12.3. The van der Waals surface area contributed by atoms with Gasteiger partial charge in [0.2, 0.25) is 0 Å². The van der Waals surface area contributed by atoms with Crippen LogP contribution in [0.1, 0.15) is 47.1 Å². The number of benzene rings is 2. The van der Waals surface area contributed by atoms with Crippen molar-refractivity contribution >= 4 is 67.7 Å². The monoisotopic (exact) mass is 741 g/mol. The van der Waals surface area contributed by atoms with E-state index in [0.29, 0.717) is 42.9 Å². The summed E-state index contributed by atoms with van der Waals surface area (Å²) in [7, 11) is -4.35. The van der Waals surface area contributed by atoms with E-state index in [-0.39, 0.29) is 38.1 Å². The molecule has 2 aromatic carbocycles. The molecule has 2 aromatic heterocycles. The Hall–Kier alpha value is -4.58. The minimum atomic E-state index is -4.35. The van der Waals surface area contributed by atoms with Crippen molar-refractivity contribution in [2.45, 2.75) is 57.6 Å². The quantitative estimate of drug-likeness (QED) is 0.201. The molecule has 0 saturated carbocycles. The van der Waals surface area contributed by atoms with Gasteiger partial charge in [0, 0.05) is 53.9 Å². The summed E-state index contributed by atoms with van der Waals surface area (Å²) in [5, 5.41) is 19.7. The van der Waals surface area contributed by atoms with Gasteiger partial charge in [-0.25, -0.2) is 13.2 Å². The average molecular weight is 743 g/mol. The van der Waals surface area contributed by atoms with Crippen molar-refractivity contribution in [1.29, 1.82) is 5.26 Å². The van der Waals surface area contributed by atoms with Crippen molar-refractivity contribution in [1.82, 2.24) is 19.7 Å². The van der Waals surface area contributed by atoms with Gasteiger partial charge in [0.15, 0.2) is 11.6 Å². The van der Waals surface area contributed by atoms with E-state index in [1.54, 1.807) is 66.8 Å². The summed E-state index contributed by atoms with van der Waals surface area (Å²) < 4.78 is 41.5. The third kappa shape index (κ3) is 8.40. The average Bonchev–Trinajstić information content (AvgIpc) is 3.44. The fourth-order valence-corrected chi connectivity index (χ4v) is 7.44. The highest BCUT2D eigenvalue weighted by Crippen LogP contribution is 2.32. The molecule has 1 amide bonds. The number of hydrogen-bond acceptors (Lipinski definition) is 10. The second kappa shape index (κ2) is 14.0. The van der Waals surface area contributed by atoms with Gasteiger partial charge in [-0.1, -0.05) is 23.2 Å². The van der Waals surface area contributed by atoms with Gasteiger partial charge in [0.1, 0.15) is 29.4 Å². The molecule has 0 unspecified atom stereocenters. The second-order valence-electron chi connectivity index (χ2n) is 13.6. The summed E-state index contributed by atoms with van der Waals surface area (Å²) in [5.74, 6) is 0.0161. The topological polar surface area (TPSA) is 151 Å². The molecule has 0 bridgehead atoms. The minimum Gasteiger partial charge on any atom is -0.459 e. The van der Waals surface area contributed by atoms with Crippen molar-refractivity contribution in [3.8, 4) is 11.9 Å². The highest BCUT2D eigenvalue weighted by atomic mass is 35.5. The van der Waals surface area contributed by atoms with Gasteiger partial charge in [-0.2, -0.15) is 5.26 Å². The molecule has 50 heavy (non-hydrogen) atoms. The molecule has 1 saturated heterocycles. The largest absolute Gasteiger partial charge is 0.459 e. The van der Waals surface area contributed by atoms with Crippen LogP contribution in [-0.2, 0) is 24.3 Å². The number of nitriles is 1. The molecule has 13 nitrogen and oxygen atoms in total. The summed E-state index contributed by atoms with van der Waals surface area (Å²) in [4.78, 5) is 28.8. The van der Waals surface area contributed by atoms with E-state index in [1.165, 1.54) is 18.2 Å². The molecule has 264 valence electrons. The molecule has 0 N–H and O–H groups in total.